The van der Waals surface area contributed by atoms with Gasteiger partial charge in [-0.15, -0.1) is 11.3 Å². The van der Waals surface area contributed by atoms with E-state index in [2.05, 4.69) is 4.98 Å². The molecule has 0 bridgehead atoms. The van der Waals surface area contributed by atoms with Gasteiger partial charge in [-0.2, -0.15) is 0 Å². The predicted molar refractivity (Wildman–Crippen MR) is 51.2 cm³/mol. The highest BCUT2D eigenvalue weighted by Gasteiger charge is 2.05. The van der Waals surface area contributed by atoms with Crippen LogP contribution in [0.1, 0.15) is 0 Å². The summed E-state index contributed by atoms with van der Waals surface area (Å²) in [4.78, 5) is 4.14. The first-order chi connectivity index (χ1) is 5.81. The van der Waals surface area contributed by atoms with E-state index in [-0.39, 0.29) is 0 Å². The molecule has 0 amide bonds. The van der Waals surface area contributed by atoms with Crippen LogP contribution in [0.2, 0.25) is 5.15 Å². The van der Waals surface area contributed by atoms with E-state index in [0.717, 1.165) is 16.0 Å². The molecule has 0 aromatic carbocycles. The fraction of sp³-hybridized carbons (Fsp3) is 0.125. The van der Waals surface area contributed by atoms with Crippen LogP contribution in [0.25, 0.3) is 10.2 Å². The van der Waals surface area contributed by atoms with Gasteiger partial charge in [-0.3, -0.25) is 0 Å². The van der Waals surface area contributed by atoms with Crippen molar-refractivity contribution in [2.45, 2.75) is 0 Å². The summed E-state index contributed by atoms with van der Waals surface area (Å²) in [6.07, 6.45) is 0. The summed E-state index contributed by atoms with van der Waals surface area (Å²) >= 11 is 7.37. The Labute approximate surface area is 78.8 Å². The minimum Gasteiger partial charge on any atom is -0.495 e. The van der Waals surface area contributed by atoms with Crippen LogP contribution in [0.5, 0.6) is 5.75 Å². The van der Waals surface area contributed by atoms with Gasteiger partial charge in [-0.05, 0) is 11.4 Å². The zero-order chi connectivity index (χ0) is 8.55. The maximum absolute atomic E-state index is 5.77. The number of nitrogens with zero attached hydrogens (tertiary/aromatic N) is 1. The Hall–Kier alpha value is -0.800. The number of halogens is 1. The normalized spacial score (nSPS) is 10.5. The van der Waals surface area contributed by atoms with E-state index >= 15 is 0 Å². The molecule has 2 nitrogen and oxygen atoms in total. The molecule has 12 heavy (non-hydrogen) atoms. The monoisotopic (exact) mass is 199 g/mol. The fourth-order valence-corrected chi connectivity index (χ4v) is 2.06. The number of methoxy groups -OCH3 is 1. The van der Waals surface area contributed by atoms with Crippen LogP contribution in [0.15, 0.2) is 17.5 Å². The van der Waals surface area contributed by atoms with Crippen molar-refractivity contribution in [1.29, 1.82) is 0 Å². The highest BCUT2D eigenvalue weighted by molar-refractivity contribution is 7.17. The Kier molecular flexibility index (Phi) is 1.90. The lowest BCUT2D eigenvalue weighted by molar-refractivity contribution is 0.420. The Bertz CT molecular complexity index is 412. The van der Waals surface area contributed by atoms with E-state index in [1.54, 1.807) is 24.5 Å². The van der Waals surface area contributed by atoms with Crippen LogP contribution in [-0.2, 0) is 0 Å². The van der Waals surface area contributed by atoms with Gasteiger partial charge in [0.15, 0.2) is 0 Å². The Morgan fingerprint density at radius 1 is 1.58 bits per heavy atom. The molecule has 2 aromatic heterocycles. The van der Waals surface area contributed by atoms with Crippen molar-refractivity contribution in [1.82, 2.24) is 4.98 Å². The van der Waals surface area contributed by atoms with Gasteiger partial charge in [0, 0.05) is 6.07 Å². The van der Waals surface area contributed by atoms with E-state index in [9.17, 15) is 0 Å². The molecule has 0 aliphatic carbocycles. The van der Waals surface area contributed by atoms with Gasteiger partial charge in [-0.25, -0.2) is 4.98 Å². The molecule has 0 spiro atoms. The Balaban J connectivity index is 2.80. The second kappa shape index (κ2) is 2.92. The van der Waals surface area contributed by atoms with Crippen molar-refractivity contribution in [3.63, 3.8) is 0 Å². The molecule has 0 fully saturated rings. The number of hydrogen-bond donors (Lipinski definition) is 0. The molecule has 0 radical (unpaired) electrons. The van der Waals surface area contributed by atoms with Crippen LogP contribution in [0.4, 0.5) is 0 Å². The average Bonchev–Trinajstić information content (AvgIpc) is 2.50. The van der Waals surface area contributed by atoms with E-state index in [1.165, 1.54) is 0 Å². The molecule has 0 atom stereocenters. The van der Waals surface area contributed by atoms with Crippen molar-refractivity contribution in [2.24, 2.45) is 0 Å². The zero-order valence-electron chi connectivity index (χ0n) is 6.37. The summed E-state index contributed by atoms with van der Waals surface area (Å²) < 4.78 is 6.20. The quantitative estimate of drug-likeness (QED) is 0.659. The van der Waals surface area contributed by atoms with Gasteiger partial charge in [-0.1, -0.05) is 11.6 Å². The first kappa shape index (κ1) is 7.83. The minimum atomic E-state index is 0.470. The number of aromatic nitrogens is 1. The van der Waals surface area contributed by atoms with E-state index in [0.29, 0.717) is 5.15 Å². The molecule has 0 N–H and O–H groups in total. The number of fused-ring (bicyclic) bond motifs is 1. The molecule has 0 aliphatic heterocycles. The third-order valence-corrected chi connectivity index (χ3v) is 2.68. The number of ether oxygens (including phenoxy) is 1. The highest BCUT2D eigenvalue weighted by Crippen LogP contribution is 2.31. The molecule has 4 heteroatoms. The largest absolute Gasteiger partial charge is 0.495 e. The van der Waals surface area contributed by atoms with Gasteiger partial charge in [0.2, 0.25) is 0 Å². The van der Waals surface area contributed by atoms with E-state index in [1.807, 2.05) is 11.4 Å². The number of pyridine rings is 1. The molecule has 0 unspecified atom stereocenters. The van der Waals surface area contributed by atoms with Crippen LogP contribution in [-0.4, -0.2) is 12.1 Å². The molecule has 2 heterocycles. The topological polar surface area (TPSA) is 22.1 Å². The molecule has 2 aromatic rings. The van der Waals surface area contributed by atoms with E-state index < -0.39 is 0 Å². The molecule has 0 saturated carbocycles. The first-order valence-electron chi connectivity index (χ1n) is 3.39. The summed E-state index contributed by atoms with van der Waals surface area (Å²) in [7, 11) is 1.63. The van der Waals surface area contributed by atoms with E-state index in [4.69, 9.17) is 16.3 Å². The maximum atomic E-state index is 5.77. The van der Waals surface area contributed by atoms with Crippen molar-refractivity contribution in [2.75, 3.05) is 7.11 Å². The lowest BCUT2D eigenvalue weighted by Crippen LogP contribution is -1.84. The molecular formula is C8H6ClNOS. The van der Waals surface area contributed by atoms with Crippen LogP contribution in [0.3, 0.4) is 0 Å². The van der Waals surface area contributed by atoms with Gasteiger partial charge in [0.25, 0.3) is 0 Å². The summed E-state index contributed by atoms with van der Waals surface area (Å²) in [5.41, 5.74) is 0.893. The summed E-state index contributed by atoms with van der Waals surface area (Å²) in [6, 6.07) is 3.65. The molecule has 2 rings (SSSR count). The molecule has 62 valence electrons. The second-order valence-electron chi connectivity index (χ2n) is 2.28. The number of hydrogen-bond acceptors (Lipinski definition) is 3. The predicted octanol–water partition coefficient (Wildman–Crippen LogP) is 2.96. The van der Waals surface area contributed by atoms with Crippen molar-refractivity contribution in [3.8, 4) is 5.75 Å². The SMILES string of the molecule is COc1cc(Cl)nc2ccsc12. The van der Waals surface area contributed by atoms with Crippen molar-refractivity contribution >= 4 is 33.2 Å². The standard InChI is InChI=1S/C8H6ClNOS/c1-11-6-4-7(9)10-5-2-3-12-8(5)6/h2-4H,1H3. The lowest BCUT2D eigenvalue weighted by Gasteiger charge is -2.00. The average molecular weight is 200 g/mol. The number of thiophene rings is 1. The van der Waals surface area contributed by atoms with Gasteiger partial charge in [0.1, 0.15) is 10.9 Å². The Morgan fingerprint density at radius 3 is 3.17 bits per heavy atom. The van der Waals surface area contributed by atoms with Gasteiger partial charge >= 0.3 is 0 Å². The van der Waals surface area contributed by atoms with Gasteiger partial charge in [0.05, 0.1) is 17.3 Å². The summed E-state index contributed by atoms with van der Waals surface area (Å²) in [6.45, 7) is 0. The fourth-order valence-electron chi connectivity index (χ4n) is 1.05. The zero-order valence-corrected chi connectivity index (χ0v) is 7.95. The van der Waals surface area contributed by atoms with Crippen molar-refractivity contribution in [3.05, 3.63) is 22.7 Å². The lowest BCUT2D eigenvalue weighted by atomic mass is 10.4. The summed E-state index contributed by atoms with van der Waals surface area (Å²) in [5.74, 6) is 0.792. The molecular weight excluding hydrogens is 194 g/mol. The highest BCUT2D eigenvalue weighted by atomic mass is 35.5. The third kappa shape index (κ3) is 1.15. The van der Waals surface area contributed by atoms with Crippen LogP contribution in [0, 0.1) is 0 Å². The smallest absolute Gasteiger partial charge is 0.141 e. The maximum Gasteiger partial charge on any atom is 0.141 e. The Morgan fingerprint density at radius 2 is 2.42 bits per heavy atom. The van der Waals surface area contributed by atoms with Crippen molar-refractivity contribution < 1.29 is 4.74 Å². The first-order valence-corrected chi connectivity index (χ1v) is 4.65. The van der Waals surface area contributed by atoms with Gasteiger partial charge < -0.3 is 4.74 Å². The third-order valence-electron chi connectivity index (χ3n) is 1.57. The van der Waals surface area contributed by atoms with Crippen LogP contribution >= 0.6 is 22.9 Å². The number of rotatable bonds is 1. The summed E-state index contributed by atoms with van der Waals surface area (Å²) in [5, 5.41) is 2.44. The second-order valence-corrected chi connectivity index (χ2v) is 3.59. The minimum absolute atomic E-state index is 0.470. The molecule has 0 saturated heterocycles. The molecule has 0 aliphatic rings. The van der Waals surface area contributed by atoms with Crippen LogP contribution < -0.4 is 4.74 Å².